The van der Waals surface area contributed by atoms with E-state index >= 15 is 0 Å². The molecular formula is C13H17BrN4. The molecule has 0 saturated carbocycles. The summed E-state index contributed by atoms with van der Waals surface area (Å²) in [5, 5.41) is 11.9. The van der Waals surface area contributed by atoms with Crippen LogP contribution in [0.2, 0.25) is 0 Å². The first-order valence-corrected chi connectivity index (χ1v) is 6.84. The standard InChI is InChI=1S/C13H17BrN4/c1-4-15-9(2)13-10(3)18(17-16-13)12-7-5-11(14)6-8-12/h5-9,15H,4H2,1-3H3. The van der Waals surface area contributed by atoms with Crippen molar-refractivity contribution in [1.82, 2.24) is 20.3 Å². The number of nitrogens with one attached hydrogen (secondary N) is 1. The van der Waals surface area contributed by atoms with Crippen LogP contribution in [0.3, 0.4) is 0 Å². The lowest BCUT2D eigenvalue weighted by Crippen LogP contribution is -2.19. The summed E-state index contributed by atoms with van der Waals surface area (Å²) >= 11 is 3.43. The minimum atomic E-state index is 0.221. The second-order valence-electron chi connectivity index (χ2n) is 4.23. The molecule has 96 valence electrons. The molecule has 1 aromatic heterocycles. The maximum Gasteiger partial charge on any atom is 0.103 e. The molecule has 4 nitrogen and oxygen atoms in total. The van der Waals surface area contributed by atoms with Crippen LogP contribution in [0.5, 0.6) is 0 Å². The molecule has 0 aliphatic carbocycles. The van der Waals surface area contributed by atoms with Crippen molar-refractivity contribution in [2.45, 2.75) is 26.8 Å². The lowest BCUT2D eigenvalue weighted by Gasteiger charge is -2.10. The number of nitrogens with zero attached hydrogens (tertiary/aromatic N) is 3. The van der Waals surface area contributed by atoms with E-state index in [4.69, 9.17) is 0 Å². The van der Waals surface area contributed by atoms with Crippen LogP contribution >= 0.6 is 15.9 Å². The van der Waals surface area contributed by atoms with Crippen molar-refractivity contribution < 1.29 is 0 Å². The zero-order chi connectivity index (χ0) is 13.1. The first-order chi connectivity index (χ1) is 8.63. The maximum absolute atomic E-state index is 4.27. The van der Waals surface area contributed by atoms with E-state index in [0.717, 1.165) is 28.1 Å². The highest BCUT2D eigenvalue weighted by Gasteiger charge is 2.15. The molecule has 0 bridgehead atoms. The van der Waals surface area contributed by atoms with Crippen LogP contribution in [0.25, 0.3) is 5.69 Å². The second kappa shape index (κ2) is 5.63. The van der Waals surface area contributed by atoms with Crippen LogP contribution in [0, 0.1) is 6.92 Å². The molecule has 0 saturated heterocycles. The van der Waals surface area contributed by atoms with Gasteiger partial charge in [-0.05, 0) is 44.7 Å². The summed E-state index contributed by atoms with van der Waals surface area (Å²) in [5.74, 6) is 0. The van der Waals surface area contributed by atoms with E-state index in [1.54, 1.807) is 0 Å². The molecule has 2 rings (SSSR count). The average molecular weight is 309 g/mol. The summed E-state index contributed by atoms with van der Waals surface area (Å²) in [6.45, 7) is 7.16. The molecule has 0 aliphatic rings. The molecule has 18 heavy (non-hydrogen) atoms. The highest BCUT2D eigenvalue weighted by atomic mass is 79.9. The van der Waals surface area contributed by atoms with Crippen LogP contribution in [-0.4, -0.2) is 21.5 Å². The normalized spacial score (nSPS) is 12.7. The van der Waals surface area contributed by atoms with Gasteiger partial charge in [-0.15, -0.1) is 5.10 Å². The fourth-order valence-corrected chi connectivity index (χ4v) is 2.24. The monoisotopic (exact) mass is 308 g/mol. The van der Waals surface area contributed by atoms with Crippen molar-refractivity contribution in [2.75, 3.05) is 6.54 Å². The Hall–Kier alpha value is -1.20. The van der Waals surface area contributed by atoms with Gasteiger partial charge in [0.1, 0.15) is 5.69 Å². The molecule has 1 N–H and O–H groups in total. The third-order valence-electron chi connectivity index (χ3n) is 2.92. The van der Waals surface area contributed by atoms with Gasteiger partial charge in [-0.3, -0.25) is 0 Å². The number of halogens is 1. The Balaban J connectivity index is 2.33. The molecule has 1 atom stereocenters. The van der Waals surface area contributed by atoms with Crippen molar-refractivity contribution in [3.05, 3.63) is 40.1 Å². The SMILES string of the molecule is CCNC(C)c1nnn(-c2ccc(Br)cc2)c1C. The Morgan fingerprint density at radius 3 is 2.61 bits per heavy atom. The van der Waals surface area contributed by atoms with E-state index < -0.39 is 0 Å². The molecule has 1 aromatic carbocycles. The van der Waals surface area contributed by atoms with Crippen molar-refractivity contribution in [1.29, 1.82) is 0 Å². The highest BCUT2D eigenvalue weighted by Crippen LogP contribution is 2.19. The van der Waals surface area contributed by atoms with E-state index in [2.05, 4.69) is 45.4 Å². The van der Waals surface area contributed by atoms with Gasteiger partial charge in [-0.2, -0.15) is 0 Å². The summed E-state index contributed by atoms with van der Waals surface area (Å²) in [6, 6.07) is 8.27. The quantitative estimate of drug-likeness (QED) is 0.944. The number of benzene rings is 1. The molecule has 2 aromatic rings. The molecular weight excluding hydrogens is 292 g/mol. The van der Waals surface area contributed by atoms with Crippen LogP contribution in [0.15, 0.2) is 28.7 Å². The summed E-state index contributed by atoms with van der Waals surface area (Å²) in [6.07, 6.45) is 0. The predicted octanol–water partition coefficient (Wildman–Crippen LogP) is 3.01. The van der Waals surface area contributed by atoms with Crippen molar-refractivity contribution in [3.8, 4) is 5.69 Å². The van der Waals surface area contributed by atoms with Gasteiger partial charge in [0.05, 0.1) is 17.4 Å². The Morgan fingerprint density at radius 2 is 2.00 bits per heavy atom. The lowest BCUT2D eigenvalue weighted by atomic mass is 10.2. The lowest BCUT2D eigenvalue weighted by molar-refractivity contribution is 0.579. The smallest absolute Gasteiger partial charge is 0.103 e. The first kappa shape index (κ1) is 13.2. The molecule has 0 fully saturated rings. The summed E-state index contributed by atoms with van der Waals surface area (Å²) < 4.78 is 2.93. The summed E-state index contributed by atoms with van der Waals surface area (Å²) in [7, 11) is 0. The van der Waals surface area contributed by atoms with Crippen LogP contribution < -0.4 is 5.32 Å². The van der Waals surface area contributed by atoms with Crippen LogP contribution in [-0.2, 0) is 0 Å². The molecule has 0 radical (unpaired) electrons. The van der Waals surface area contributed by atoms with Crippen molar-refractivity contribution in [2.24, 2.45) is 0 Å². The molecule has 0 spiro atoms. The van der Waals surface area contributed by atoms with Gasteiger partial charge in [0.15, 0.2) is 0 Å². The third-order valence-corrected chi connectivity index (χ3v) is 3.45. The van der Waals surface area contributed by atoms with Gasteiger partial charge in [-0.1, -0.05) is 28.1 Å². The fourth-order valence-electron chi connectivity index (χ4n) is 1.97. The first-order valence-electron chi connectivity index (χ1n) is 6.05. The molecule has 1 heterocycles. The highest BCUT2D eigenvalue weighted by molar-refractivity contribution is 9.10. The zero-order valence-corrected chi connectivity index (χ0v) is 12.4. The fraction of sp³-hybridized carbons (Fsp3) is 0.385. The number of rotatable bonds is 4. The second-order valence-corrected chi connectivity index (χ2v) is 5.14. The molecule has 5 heteroatoms. The minimum Gasteiger partial charge on any atom is -0.309 e. The van der Waals surface area contributed by atoms with E-state index in [1.807, 2.05) is 35.9 Å². The Kier molecular flexibility index (Phi) is 4.14. The van der Waals surface area contributed by atoms with Crippen molar-refractivity contribution >= 4 is 15.9 Å². The maximum atomic E-state index is 4.27. The van der Waals surface area contributed by atoms with Crippen molar-refractivity contribution in [3.63, 3.8) is 0 Å². The van der Waals surface area contributed by atoms with Gasteiger partial charge >= 0.3 is 0 Å². The van der Waals surface area contributed by atoms with E-state index in [0.29, 0.717) is 0 Å². The molecule has 0 aliphatic heterocycles. The minimum absolute atomic E-state index is 0.221. The molecule has 1 unspecified atom stereocenters. The van der Waals surface area contributed by atoms with E-state index in [-0.39, 0.29) is 6.04 Å². The van der Waals surface area contributed by atoms with E-state index in [1.165, 1.54) is 0 Å². The van der Waals surface area contributed by atoms with Gasteiger partial charge in [-0.25, -0.2) is 4.68 Å². The molecule has 0 amide bonds. The van der Waals surface area contributed by atoms with Crippen LogP contribution in [0.4, 0.5) is 0 Å². The largest absolute Gasteiger partial charge is 0.309 e. The average Bonchev–Trinajstić information content (AvgIpc) is 2.73. The van der Waals surface area contributed by atoms with Gasteiger partial charge in [0, 0.05) is 4.47 Å². The third kappa shape index (κ3) is 2.62. The topological polar surface area (TPSA) is 42.7 Å². The van der Waals surface area contributed by atoms with E-state index in [9.17, 15) is 0 Å². The zero-order valence-electron chi connectivity index (χ0n) is 10.8. The Labute approximate surface area is 116 Å². The summed E-state index contributed by atoms with van der Waals surface area (Å²) in [4.78, 5) is 0. The summed E-state index contributed by atoms with van der Waals surface area (Å²) in [5.41, 5.74) is 3.10. The Morgan fingerprint density at radius 1 is 1.33 bits per heavy atom. The Bertz CT molecular complexity index is 518. The van der Waals surface area contributed by atoms with Gasteiger partial charge in [0.25, 0.3) is 0 Å². The van der Waals surface area contributed by atoms with Gasteiger partial charge in [0.2, 0.25) is 0 Å². The number of aromatic nitrogens is 3. The van der Waals surface area contributed by atoms with Crippen LogP contribution in [0.1, 0.15) is 31.3 Å². The van der Waals surface area contributed by atoms with Gasteiger partial charge < -0.3 is 5.32 Å². The number of hydrogen-bond donors (Lipinski definition) is 1. The predicted molar refractivity (Wildman–Crippen MR) is 75.9 cm³/mol. The number of hydrogen-bond acceptors (Lipinski definition) is 3.